The van der Waals surface area contributed by atoms with Gasteiger partial charge >= 0.3 is 0 Å². The summed E-state index contributed by atoms with van der Waals surface area (Å²) in [5.41, 5.74) is 6.95. The molecule has 0 fully saturated rings. The van der Waals surface area contributed by atoms with Gasteiger partial charge in [-0.3, -0.25) is 0 Å². The maximum atomic E-state index is 13.8. The Hall–Kier alpha value is -1.09. The molecule has 0 aliphatic heterocycles. The van der Waals surface area contributed by atoms with Crippen molar-refractivity contribution in [1.29, 1.82) is 0 Å². The van der Waals surface area contributed by atoms with Crippen LogP contribution in [-0.2, 0) is 6.54 Å². The summed E-state index contributed by atoms with van der Waals surface area (Å²) in [4.78, 5) is 1.99. The maximum Gasteiger partial charge on any atom is 0.146 e. The zero-order valence-electron chi connectivity index (χ0n) is 10.3. The average Bonchev–Trinajstić information content (AvgIpc) is 2.28. The van der Waals surface area contributed by atoms with E-state index in [-0.39, 0.29) is 5.82 Å². The van der Waals surface area contributed by atoms with E-state index in [0.29, 0.717) is 18.3 Å². The molecule has 1 rings (SSSR count). The Morgan fingerprint density at radius 2 is 2.12 bits per heavy atom. The number of benzene rings is 1. The molecule has 0 saturated carbocycles. The Morgan fingerprint density at radius 1 is 1.44 bits per heavy atom. The van der Waals surface area contributed by atoms with Crippen LogP contribution in [0.25, 0.3) is 0 Å². The standard InChI is InChI=1S/C13H21FN2/c1-4-5-10(2)16(3)13-7-6-11(9-15)8-12(13)14/h6-8,10H,4-5,9,15H2,1-3H3. The fourth-order valence-electron chi connectivity index (χ4n) is 1.81. The summed E-state index contributed by atoms with van der Waals surface area (Å²) in [7, 11) is 1.93. The first-order valence-electron chi connectivity index (χ1n) is 5.81. The Balaban J connectivity index is 2.87. The summed E-state index contributed by atoms with van der Waals surface area (Å²) in [6, 6.07) is 5.56. The van der Waals surface area contributed by atoms with E-state index in [0.717, 1.165) is 18.4 Å². The third kappa shape index (κ3) is 2.95. The molecule has 3 heteroatoms. The van der Waals surface area contributed by atoms with Crippen molar-refractivity contribution < 1.29 is 4.39 Å². The Morgan fingerprint density at radius 3 is 2.62 bits per heavy atom. The summed E-state index contributed by atoms with van der Waals surface area (Å²) in [6.45, 7) is 4.63. The molecule has 2 nitrogen and oxygen atoms in total. The highest BCUT2D eigenvalue weighted by Gasteiger charge is 2.13. The first-order valence-corrected chi connectivity index (χ1v) is 5.81. The van der Waals surface area contributed by atoms with Crippen LogP contribution in [0.15, 0.2) is 18.2 Å². The van der Waals surface area contributed by atoms with Crippen molar-refractivity contribution in [2.24, 2.45) is 5.73 Å². The smallest absolute Gasteiger partial charge is 0.146 e. The summed E-state index contributed by atoms with van der Waals surface area (Å²) in [5.74, 6) is -0.187. The fourth-order valence-corrected chi connectivity index (χ4v) is 1.81. The van der Waals surface area contributed by atoms with Gasteiger partial charge in [-0.15, -0.1) is 0 Å². The molecule has 0 saturated heterocycles. The second kappa shape index (κ2) is 5.85. The minimum Gasteiger partial charge on any atom is -0.370 e. The molecule has 1 aromatic rings. The molecule has 0 radical (unpaired) electrons. The average molecular weight is 224 g/mol. The van der Waals surface area contributed by atoms with E-state index in [1.807, 2.05) is 24.1 Å². The van der Waals surface area contributed by atoms with Gasteiger partial charge in [0, 0.05) is 19.6 Å². The lowest BCUT2D eigenvalue weighted by atomic mass is 10.1. The number of halogens is 1. The molecular formula is C13H21FN2. The maximum absolute atomic E-state index is 13.8. The van der Waals surface area contributed by atoms with Crippen molar-refractivity contribution in [3.05, 3.63) is 29.6 Å². The zero-order chi connectivity index (χ0) is 12.1. The molecule has 0 aliphatic rings. The Bertz CT molecular complexity index is 339. The van der Waals surface area contributed by atoms with Crippen LogP contribution in [0.1, 0.15) is 32.3 Å². The predicted molar refractivity (Wildman–Crippen MR) is 67.1 cm³/mol. The molecular weight excluding hydrogens is 203 g/mol. The number of hydrogen-bond acceptors (Lipinski definition) is 2. The van der Waals surface area contributed by atoms with Crippen LogP contribution in [0.4, 0.5) is 10.1 Å². The molecule has 1 aromatic carbocycles. The molecule has 0 amide bonds. The van der Waals surface area contributed by atoms with Crippen LogP contribution >= 0.6 is 0 Å². The lowest BCUT2D eigenvalue weighted by Gasteiger charge is -2.27. The molecule has 0 spiro atoms. The van der Waals surface area contributed by atoms with Crippen molar-refractivity contribution >= 4 is 5.69 Å². The molecule has 0 aliphatic carbocycles. The van der Waals surface area contributed by atoms with E-state index in [1.165, 1.54) is 6.07 Å². The van der Waals surface area contributed by atoms with Crippen molar-refractivity contribution in [1.82, 2.24) is 0 Å². The molecule has 0 aromatic heterocycles. The first-order chi connectivity index (χ1) is 7.60. The molecule has 16 heavy (non-hydrogen) atoms. The number of rotatable bonds is 5. The van der Waals surface area contributed by atoms with E-state index in [2.05, 4.69) is 13.8 Å². The van der Waals surface area contributed by atoms with E-state index in [9.17, 15) is 4.39 Å². The summed E-state index contributed by atoms with van der Waals surface area (Å²) < 4.78 is 13.8. The van der Waals surface area contributed by atoms with Gasteiger partial charge in [-0.25, -0.2) is 4.39 Å². The van der Waals surface area contributed by atoms with Gasteiger partial charge in [0.25, 0.3) is 0 Å². The van der Waals surface area contributed by atoms with Gasteiger partial charge in [-0.2, -0.15) is 0 Å². The van der Waals surface area contributed by atoms with Gasteiger partial charge in [0.2, 0.25) is 0 Å². The summed E-state index contributed by atoms with van der Waals surface area (Å²) in [6.07, 6.45) is 2.17. The summed E-state index contributed by atoms with van der Waals surface area (Å²) in [5, 5.41) is 0. The number of nitrogens with two attached hydrogens (primary N) is 1. The van der Waals surface area contributed by atoms with E-state index >= 15 is 0 Å². The SMILES string of the molecule is CCCC(C)N(C)c1ccc(CN)cc1F. The van der Waals surface area contributed by atoms with Gasteiger partial charge in [-0.1, -0.05) is 19.4 Å². The monoisotopic (exact) mass is 224 g/mol. The molecule has 1 atom stereocenters. The Labute approximate surface area is 97.3 Å². The lowest BCUT2D eigenvalue weighted by molar-refractivity contribution is 0.581. The van der Waals surface area contributed by atoms with Crippen LogP contribution in [0, 0.1) is 5.82 Å². The number of nitrogens with zero attached hydrogens (tertiary/aromatic N) is 1. The lowest BCUT2D eigenvalue weighted by Crippen LogP contribution is -2.29. The second-order valence-corrected chi connectivity index (χ2v) is 4.24. The highest BCUT2D eigenvalue weighted by atomic mass is 19.1. The molecule has 2 N–H and O–H groups in total. The van der Waals surface area contributed by atoms with E-state index in [4.69, 9.17) is 5.73 Å². The minimum absolute atomic E-state index is 0.187. The van der Waals surface area contributed by atoms with Gasteiger partial charge in [-0.05, 0) is 31.0 Å². The van der Waals surface area contributed by atoms with Gasteiger partial charge in [0.1, 0.15) is 5.82 Å². The van der Waals surface area contributed by atoms with Crippen LogP contribution < -0.4 is 10.6 Å². The molecule has 0 bridgehead atoms. The highest BCUT2D eigenvalue weighted by Crippen LogP contribution is 2.22. The molecule has 0 heterocycles. The van der Waals surface area contributed by atoms with Crippen molar-refractivity contribution in [3.63, 3.8) is 0 Å². The topological polar surface area (TPSA) is 29.3 Å². The number of anilines is 1. The fraction of sp³-hybridized carbons (Fsp3) is 0.538. The van der Waals surface area contributed by atoms with Crippen molar-refractivity contribution in [2.75, 3.05) is 11.9 Å². The minimum atomic E-state index is -0.187. The van der Waals surface area contributed by atoms with Crippen molar-refractivity contribution in [2.45, 2.75) is 39.3 Å². The van der Waals surface area contributed by atoms with Gasteiger partial charge in [0.15, 0.2) is 0 Å². The van der Waals surface area contributed by atoms with Gasteiger partial charge < -0.3 is 10.6 Å². The largest absolute Gasteiger partial charge is 0.370 e. The number of hydrogen-bond donors (Lipinski definition) is 1. The predicted octanol–water partition coefficient (Wildman–Crippen LogP) is 2.91. The quantitative estimate of drug-likeness (QED) is 0.833. The van der Waals surface area contributed by atoms with Crippen LogP contribution in [0.5, 0.6) is 0 Å². The first kappa shape index (κ1) is 13.0. The third-order valence-electron chi connectivity index (χ3n) is 3.00. The highest BCUT2D eigenvalue weighted by molar-refractivity contribution is 5.49. The normalized spacial score (nSPS) is 12.6. The van der Waals surface area contributed by atoms with Crippen LogP contribution in [0.2, 0.25) is 0 Å². The summed E-state index contributed by atoms with van der Waals surface area (Å²) >= 11 is 0. The second-order valence-electron chi connectivity index (χ2n) is 4.24. The Kier molecular flexibility index (Phi) is 4.74. The van der Waals surface area contributed by atoms with Crippen LogP contribution in [0.3, 0.4) is 0 Å². The van der Waals surface area contributed by atoms with Gasteiger partial charge in [0.05, 0.1) is 5.69 Å². The molecule has 90 valence electrons. The zero-order valence-corrected chi connectivity index (χ0v) is 10.3. The van der Waals surface area contributed by atoms with E-state index in [1.54, 1.807) is 0 Å². The third-order valence-corrected chi connectivity index (χ3v) is 3.00. The van der Waals surface area contributed by atoms with Crippen LogP contribution in [-0.4, -0.2) is 13.1 Å². The van der Waals surface area contributed by atoms with Crippen molar-refractivity contribution in [3.8, 4) is 0 Å². The molecule has 1 unspecified atom stereocenters. The van der Waals surface area contributed by atoms with E-state index < -0.39 is 0 Å².